The van der Waals surface area contributed by atoms with E-state index in [1.165, 1.54) is 0 Å². The lowest BCUT2D eigenvalue weighted by Crippen LogP contribution is -2.44. The van der Waals surface area contributed by atoms with E-state index in [4.69, 9.17) is 4.74 Å². The summed E-state index contributed by atoms with van der Waals surface area (Å²) in [6.45, 7) is 3.40. The summed E-state index contributed by atoms with van der Waals surface area (Å²) in [6.07, 6.45) is 2.07. The van der Waals surface area contributed by atoms with Crippen molar-refractivity contribution in [3.8, 4) is 11.5 Å². The standard InChI is InChI=1S/C27H25N3O2/c1-20-8-5-10-22(18-20)28-27(31)30-17-16-29-15-7-14-25(29)26(30)21-9-6-13-24(19-21)32-23-11-3-2-4-12-23/h2-15,18-19,26H,16-17H2,1H3,(H,28,31)/t26-/m1/s1. The van der Waals surface area contributed by atoms with Crippen LogP contribution < -0.4 is 10.1 Å². The molecule has 0 spiro atoms. The Balaban J connectivity index is 1.46. The van der Waals surface area contributed by atoms with Gasteiger partial charge in [-0.15, -0.1) is 0 Å². The molecule has 5 nitrogen and oxygen atoms in total. The van der Waals surface area contributed by atoms with Crippen molar-refractivity contribution in [3.63, 3.8) is 0 Å². The van der Waals surface area contributed by atoms with Crippen LogP contribution in [0.1, 0.15) is 22.9 Å². The first kappa shape index (κ1) is 19.9. The van der Waals surface area contributed by atoms with Gasteiger partial charge in [-0.05, 0) is 66.6 Å². The van der Waals surface area contributed by atoms with Gasteiger partial charge in [-0.25, -0.2) is 4.79 Å². The number of anilines is 1. The highest BCUT2D eigenvalue weighted by Gasteiger charge is 2.32. The number of urea groups is 1. The first-order chi connectivity index (χ1) is 15.7. The van der Waals surface area contributed by atoms with Crippen molar-refractivity contribution in [1.29, 1.82) is 0 Å². The van der Waals surface area contributed by atoms with Gasteiger partial charge in [0.2, 0.25) is 0 Å². The maximum atomic E-state index is 13.3. The zero-order chi connectivity index (χ0) is 21.9. The van der Waals surface area contributed by atoms with Gasteiger partial charge < -0.3 is 19.5 Å². The van der Waals surface area contributed by atoms with Crippen molar-refractivity contribution in [3.05, 3.63) is 114 Å². The van der Waals surface area contributed by atoms with Crippen LogP contribution in [0.25, 0.3) is 0 Å². The monoisotopic (exact) mass is 423 g/mol. The van der Waals surface area contributed by atoms with Crippen molar-refractivity contribution in [2.24, 2.45) is 0 Å². The lowest BCUT2D eigenvalue weighted by Gasteiger charge is -2.37. The third-order valence-electron chi connectivity index (χ3n) is 5.72. The van der Waals surface area contributed by atoms with Crippen LogP contribution in [0.15, 0.2) is 97.2 Å². The van der Waals surface area contributed by atoms with E-state index in [2.05, 4.69) is 28.2 Å². The number of hydrogen-bond acceptors (Lipinski definition) is 2. The SMILES string of the molecule is Cc1cccc(NC(=O)N2CCn3cccc3[C@H]2c2cccc(Oc3ccccc3)c2)c1. The van der Waals surface area contributed by atoms with Crippen molar-refractivity contribution >= 4 is 11.7 Å². The van der Waals surface area contributed by atoms with Crippen LogP contribution in [0.3, 0.4) is 0 Å². The van der Waals surface area contributed by atoms with E-state index in [0.717, 1.165) is 40.6 Å². The maximum absolute atomic E-state index is 13.3. The summed E-state index contributed by atoms with van der Waals surface area (Å²) in [5.74, 6) is 1.53. The van der Waals surface area contributed by atoms with Crippen molar-refractivity contribution in [2.75, 3.05) is 11.9 Å². The molecule has 2 amide bonds. The second kappa shape index (κ2) is 8.63. The molecule has 0 bridgehead atoms. The summed E-state index contributed by atoms with van der Waals surface area (Å²) in [5, 5.41) is 3.08. The molecule has 1 atom stereocenters. The molecule has 1 aromatic heterocycles. The predicted molar refractivity (Wildman–Crippen MR) is 126 cm³/mol. The molecule has 0 saturated heterocycles. The van der Waals surface area contributed by atoms with Crippen LogP contribution in [0.4, 0.5) is 10.5 Å². The Bertz CT molecular complexity index is 1230. The number of hydrogen-bond donors (Lipinski definition) is 1. The highest BCUT2D eigenvalue weighted by molar-refractivity contribution is 5.90. The Kier molecular flexibility index (Phi) is 5.38. The van der Waals surface area contributed by atoms with Crippen LogP contribution in [-0.4, -0.2) is 22.0 Å². The Morgan fingerprint density at radius 3 is 2.53 bits per heavy atom. The Hall–Kier alpha value is -3.99. The molecular weight excluding hydrogens is 398 g/mol. The Morgan fingerprint density at radius 2 is 1.69 bits per heavy atom. The summed E-state index contributed by atoms with van der Waals surface area (Å²) >= 11 is 0. The number of benzene rings is 3. The van der Waals surface area contributed by atoms with Gasteiger partial charge in [0, 0.05) is 30.7 Å². The van der Waals surface area contributed by atoms with Gasteiger partial charge in [-0.1, -0.05) is 42.5 Å². The van der Waals surface area contributed by atoms with Crippen LogP contribution in [0.2, 0.25) is 0 Å². The number of para-hydroxylation sites is 1. The number of carbonyl (C=O) groups is 1. The second-order valence-electron chi connectivity index (χ2n) is 8.01. The number of aromatic nitrogens is 1. The molecule has 160 valence electrons. The van der Waals surface area contributed by atoms with Crippen molar-refractivity contribution in [1.82, 2.24) is 9.47 Å². The number of rotatable bonds is 4. The van der Waals surface area contributed by atoms with E-state index in [9.17, 15) is 4.79 Å². The summed E-state index contributed by atoms with van der Waals surface area (Å²) in [6, 6.07) is 29.4. The van der Waals surface area contributed by atoms with E-state index in [-0.39, 0.29) is 12.1 Å². The lowest BCUT2D eigenvalue weighted by atomic mass is 10.00. The predicted octanol–water partition coefficient (Wildman–Crippen LogP) is 6.23. The zero-order valence-electron chi connectivity index (χ0n) is 17.9. The van der Waals surface area contributed by atoms with Gasteiger partial charge in [0.05, 0.1) is 6.04 Å². The van der Waals surface area contributed by atoms with Crippen molar-refractivity contribution < 1.29 is 9.53 Å². The number of nitrogens with zero attached hydrogens (tertiary/aromatic N) is 2. The van der Waals surface area contributed by atoms with E-state index >= 15 is 0 Å². The molecule has 1 aliphatic rings. The van der Waals surface area contributed by atoms with E-state index in [1.54, 1.807) is 0 Å². The smallest absolute Gasteiger partial charge is 0.322 e. The molecule has 3 aromatic carbocycles. The molecule has 0 radical (unpaired) electrons. The van der Waals surface area contributed by atoms with Crippen molar-refractivity contribution in [2.45, 2.75) is 19.5 Å². The number of nitrogens with one attached hydrogen (secondary N) is 1. The minimum atomic E-state index is -0.206. The Morgan fingerprint density at radius 1 is 0.875 bits per heavy atom. The molecular formula is C27H25N3O2. The molecule has 0 aliphatic carbocycles. The molecule has 1 aliphatic heterocycles. The maximum Gasteiger partial charge on any atom is 0.322 e. The van der Waals surface area contributed by atoms with Crippen LogP contribution >= 0.6 is 0 Å². The van der Waals surface area contributed by atoms with E-state index in [1.807, 2.05) is 90.7 Å². The quantitative estimate of drug-likeness (QED) is 0.423. The average Bonchev–Trinajstić information content (AvgIpc) is 3.28. The number of aryl methyl sites for hydroxylation is 1. The second-order valence-corrected chi connectivity index (χ2v) is 8.01. The third-order valence-corrected chi connectivity index (χ3v) is 5.72. The number of amides is 2. The molecule has 4 aromatic rings. The largest absolute Gasteiger partial charge is 0.457 e. The first-order valence-corrected chi connectivity index (χ1v) is 10.8. The molecule has 0 unspecified atom stereocenters. The lowest BCUT2D eigenvalue weighted by molar-refractivity contribution is 0.181. The number of ether oxygens (including phenoxy) is 1. The summed E-state index contributed by atoms with van der Waals surface area (Å²) < 4.78 is 8.27. The molecule has 1 N–H and O–H groups in total. The molecule has 0 saturated carbocycles. The summed E-state index contributed by atoms with van der Waals surface area (Å²) in [5.41, 5.74) is 4.01. The summed E-state index contributed by atoms with van der Waals surface area (Å²) in [7, 11) is 0. The van der Waals surface area contributed by atoms with Gasteiger partial charge in [0.25, 0.3) is 0 Å². The number of carbonyl (C=O) groups excluding carboxylic acids is 1. The molecule has 5 heteroatoms. The molecule has 2 heterocycles. The average molecular weight is 424 g/mol. The summed E-state index contributed by atoms with van der Waals surface area (Å²) in [4.78, 5) is 15.2. The highest BCUT2D eigenvalue weighted by Crippen LogP contribution is 2.35. The van der Waals surface area contributed by atoms with Gasteiger partial charge >= 0.3 is 6.03 Å². The van der Waals surface area contributed by atoms with E-state index < -0.39 is 0 Å². The fraction of sp³-hybridized carbons (Fsp3) is 0.148. The minimum Gasteiger partial charge on any atom is -0.457 e. The van der Waals surface area contributed by atoms with E-state index in [0.29, 0.717) is 6.54 Å². The van der Waals surface area contributed by atoms with Crippen LogP contribution in [-0.2, 0) is 6.54 Å². The molecule has 32 heavy (non-hydrogen) atoms. The van der Waals surface area contributed by atoms with Gasteiger partial charge in [-0.2, -0.15) is 0 Å². The minimum absolute atomic E-state index is 0.109. The molecule has 0 fully saturated rings. The fourth-order valence-corrected chi connectivity index (χ4v) is 4.24. The van der Waals surface area contributed by atoms with Gasteiger partial charge in [0.15, 0.2) is 0 Å². The first-order valence-electron chi connectivity index (χ1n) is 10.8. The van der Waals surface area contributed by atoms with Gasteiger partial charge in [-0.3, -0.25) is 0 Å². The number of fused-ring (bicyclic) bond motifs is 1. The Labute approximate surface area is 187 Å². The highest BCUT2D eigenvalue weighted by atomic mass is 16.5. The molecule has 5 rings (SSSR count). The van der Waals surface area contributed by atoms with Crippen LogP contribution in [0, 0.1) is 6.92 Å². The van der Waals surface area contributed by atoms with Crippen LogP contribution in [0.5, 0.6) is 11.5 Å². The zero-order valence-corrected chi connectivity index (χ0v) is 17.9. The fourth-order valence-electron chi connectivity index (χ4n) is 4.24. The third kappa shape index (κ3) is 4.10. The van der Waals surface area contributed by atoms with Gasteiger partial charge in [0.1, 0.15) is 11.5 Å². The normalized spacial score (nSPS) is 15.2. The topological polar surface area (TPSA) is 46.5 Å².